The van der Waals surface area contributed by atoms with Crippen LogP contribution in [0.2, 0.25) is 0 Å². The van der Waals surface area contributed by atoms with E-state index in [0.717, 1.165) is 16.7 Å². The number of hydrogen-bond donors (Lipinski definition) is 1. The molecule has 202 valence electrons. The summed E-state index contributed by atoms with van der Waals surface area (Å²) in [6.45, 7) is 9.17. The molecule has 0 fully saturated rings. The van der Waals surface area contributed by atoms with Crippen molar-refractivity contribution in [3.8, 4) is 11.5 Å². The molecule has 0 aromatic heterocycles. The fourth-order valence-electron chi connectivity index (χ4n) is 4.36. The van der Waals surface area contributed by atoms with Gasteiger partial charge >= 0.3 is 0 Å². The van der Waals surface area contributed by atoms with E-state index in [4.69, 9.17) is 9.47 Å². The molecule has 0 unspecified atom stereocenters. The lowest BCUT2D eigenvalue weighted by Crippen LogP contribution is -2.51. The van der Waals surface area contributed by atoms with Gasteiger partial charge in [0.15, 0.2) is 11.5 Å². The number of nitrogens with zero attached hydrogens (tertiary/aromatic N) is 1. The third-order valence-corrected chi connectivity index (χ3v) is 6.13. The maximum Gasteiger partial charge on any atom is 0.243 e. The van der Waals surface area contributed by atoms with Crippen LogP contribution in [0.15, 0.2) is 78.9 Å². The first kappa shape index (κ1) is 28.8. The van der Waals surface area contributed by atoms with Gasteiger partial charge in [-0.3, -0.25) is 9.59 Å². The van der Waals surface area contributed by atoms with Gasteiger partial charge in [0.25, 0.3) is 0 Å². The Balaban J connectivity index is 1.87. The van der Waals surface area contributed by atoms with Gasteiger partial charge in [-0.25, -0.2) is 0 Å². The molecule has 0 spiro atoms. The molecule has 3 aromatic rings. The molecule has 0 radical (unpaired) electrons. The SMILES string of the molecule is CCOc1ccc(CCC(=O)N(Cc2ccccc2)[C@@H](Cc2ccccc2)C(=O)NC(C)C)cc1OCC. The number of hydrogen-bond acceptors (Lipinski definition) is 4. The molecule has 0 saturated carbocycles. The van der Waals surface area contributed by atoms with Crippen LogP contribution < -0.4 is 14.8 Å². The van der Waals surface area contributed by atoms with Crippen molar-refractivity contribution in [2.75, 3.05) is 13.2 Å². The molecule has 1 N–H and O–H groups in total. The minimum absolute atomic E-state index is 0.0321. The van der Waals surface area contributed by atoms with Crippen LogP contribution in [-0.4, -0.2) is 42.0 Å². The molecule has 2 amide bonds. The third kappa shape index (κ3) is 8.65. The van der Waals surface area contributed by atoms with Gasteiger partial charge in [-0.05, 0) is 62.9 Å². The van der Waals surface area contributed by atoms with Crippen LogP contribution >= 0.6 is 0 Å². The maximum absolute atomic E-state index is 13.8. The Labute approximate surface area is 227 Å². The first-order valence-electron chi connectivity index (χ1n) is 13.5. The Kier molecular flexibility index (Phi) is 11.2. The largest absolute Gasteiger partial charge is 0.490 e. The van der Waals surface area contributed by atoms with Gasteiger partial charge in [-0.1, -0.05) is 66.7 Å². The Morgan fingerprint density at radius 3 is 2.00 bits per heavy atom. The van der Waals surface area contributed by atoms with E-state index in [9.17, 15) is 9.59 Å². The number of benzene rings is 3. The quantitative estimate of drug-likeness (QED) is 0.304. The summed E-state index contributed by atoms with van der Waals surface area (Å²) in [5, 5.41) is 3.03. The van der Waals surface area contributed by atoms with Crippen LogP contribution in [0.4, 0.5) is 0 Å². The van der Waals surface area contributed by atoms with Crippen LogP contribution in [0.25, 0.3) is 0 Å². The minimum atomic E-state index is -0.633. The number of amides is 2. The average Bonchev–Trinajstić information content (AvgIpc) is 2.91. The Morgan fingerprint density at radius 2 is 1.39 bits per heavy atom. The van der Waals surface area contributed by atoms with Gasteiger partial charge in [0.05, 0.1) is 13.2 Å². The molecule has 6 heteroatoms. The first-order valence-corrected chi connectivity index (χ1v) is 13.5. The molecule has 3 aromatic carbocycles. The molecule has 0 bridgehead atoms. The molecule has 0 aliphatic carbocycles. The molecule has 0 saturated heterocycles. The van der Waals surface area contributed by atoms with E-state index in [-0.39, 0.29) is 24.3 Å². The molecule has 0 heterocycles. The highest BCUT2D eigenvalue weighted by molar-refractivity contribution is 5.88. The van der Waals surface area contributed by atoms with Crippen LogP contribution in [0, 0.1) is 0 Å². The molecular weight excluding hydrogens is 476 g/mol. The normalized spacial score (nSPS) is 11.6. The van der Waals surface area contributed by atoms with E-state index in [1.807, 2.05) is 107 Å². The number of nitrogens with one attached hydrogen (secondary N) is 1. The smallest absolute Gasteiger partial charge is 0.243 e. The van der Waals surface area contributed by atoms with Crippen molar-refractivity contribution in [3.63, 3.8) is 0 Å². The fourth-order valence-corrected chi connectivity index (χ4v) is 4.36. The zero-order valence-electron chi connectivity index (χ0n) is 23.0. The van der Waals surface area contributed by atoms with Gasteiger partial charge in [0.2, 0.25) is 11.8 Å². The van der Waals surface area contributed by atoms with Crippen molar-refractivity contribution in [1.82, 2.24) is 10.2 Å². The molecule has 3 rings (SSSR count). The predicted octanol–water partition coefficient (Wildman–Crippen LogP) is 5.58. The summed E-state index contributed by atoms with van der Waals surface area (Å²) in [6, 6.07) is 24.8. The molecule has 0 aliphatic heterocycles. The molecule has 6 nitrogen and oxygen atoms in total. The Hall–Kier alpha value is -3.80. The van der Waals surface area contributed by atoms with Crippen LogP contribution in [0.1, 0.15) is 50.8 Å². The average molecular weight is 517 g/mol. The van der Waals surface area contributed by atoms with Gasteiger partial charge in [0.1, 0.15) is 6.04 Å². The number of ether oxygens (including phenoxy) is 2. The minimum Gasteiger partial charge on any atom is -0.490 e. The molecule has 38 heavy (non-hydrogen) atoms. The fraction of sp³-hybridized carbons (Fsp3) is 0.375. The van der Waals surface area contributed by atoms with E-state index < -0.39 is 6.04 Å². The highest BCUT2D eigenvalue weighted by atomic mass is 16.5. The number of carbonyl (C=O) groups excluding carboxylic acids is 2. The highest BCUT2D eigenvalue weighted by Gasteiger charge is 2.30. The summed E-state index contributed by atoms with van der Waals surface area (Å²) in [6.07, 6.45) is 1.24. The van der Waals surface area contributed by atoms with Crippen LogP contribution in [0.5, 0.6) is 11.5 Å². The standard InChI is InChI=1S/C32H40N2O4/c1-5-37-29-19-17-26(22-30(29)38-6-2)18-20-31(35)34(23-27-15-11-8-12-16-27)28(32(36)33-24(3)4)21-25-13-9-7-10-14-25/h7-17,19,22,24,28H,5-6,18,20-21,23H2,1-4H3,(H,33,36)/t28-/m0/s1. The molecular formula is C32H40N2O4. The van der Waals surface area contributed by atoms with Gasteiger partial charge in [0, 0.05) is 25.4 Å². The summed E-state index contributed by atoms with van der Waals surface area (Å²) in [5.74, 6) is 1.16. The Bertz CT molecular complexity index is 1150. The summed E-state index contributed by atoms with van der Waals surface area (Å²) in [4.78, 5) is 29.0. The predicted molar refractivity (Wildman–Crippen MR) is 151 cm³/mol. The molecule has 0 aliphatic rings. The zero-order chi connectivity index (χ0) is 27.3. The van der Waals surface area contributed by atoms with E-state index >= 15 is 0 Å². The number of carbonyl (C=O) groups is 2. The second kappa shape index (κ2) is 14.8. The topological polar surface area (TPSA) is 67.9 Å². The second-order valence-electron chi connectivity index (χ2n) is 9.52. The lowest BCUT2D eigenvalue weighted by Gasteiger charge is -2.32. The summed E-state index contributed by atoms with van der Waals surface area (Å²) in [7, 11) is 0. The van der Waals surface area contributed by atoms with Gasteiger partial charge in [-0.2, -0.15) is 0 Å². The highest BCUT2D eigenvalue weighted by Crippen LogP contribution is 2.29. The summed E-state index contributed by atoms with van der Waals surface area (Å²) in [5.41, 5.74) is 2.97. The van der Waals surface area contributed by atoms with Crippen molar-refractivity contribution < 1.29 is 19.1 Å². The van der Waals surface area contributed by atoms with Crippen LogP contribution in [0.3, 0.4) is 0 Å². The second-order valence-corrected chi connectivity index (χ2v) is 9.52. The van der Waals surface area contributed by atoms with E-state index in [1.165, 1.54) is 0 Å². The summed E-state index contributed by atoms with van der Waals surface area (Å²) < 4.78 is 11.4. The van der Waals surface area contributed by atoms with Crippen molar-refractivity contribution >= 4 is 11.8 Å². The first-order chi connectivity index (χ1) is 18.4. The zero-order valence-corrected chi connectivity index (χ0v) is 23.0. The van der Waals surface area contributed by atoms with E-state index in [0.29, 0.717) is 44.1 Å². The third-order valence-electron chi connectivity index (χ3n) is 6.13. The number of rotatable bonds is 14. The van der Waals surface area contributed by atoms with Crippen LogP contribution in [-0.2, 0) is 29.0 Å². The van der Waals surface area contributed by atoms with Gasteiger partial charge in [-0.15, -0.1) is 0 Å². The lowest BCUT2D eigenvalue weighted by molar-refractivity contribution is -0.141. The van der Waals surface area contributed by atoms with E-state index in [2.05, 4.69) is 5.32 Å². The van der Waals surface area contributed by atoms with Gasteiger partial charge < -0.3 is 19.7 Å². The monoisotopic (exact) mass is 516 g/mol. The van der Waals surface area contributed by atoms with Crippen molar-refractivity contribution in [1.29, 1.82) is 0 Å². The maximum atomic E-state index is 13.8. The van der Waals surface area contributed by atoms with Crippen molar-refractivity contribution in [2.24, 2.45) is 0 Å². The summed E-state index contributed by atoms with van der Waals surface area (Å²) >= 11 is 0. The molecule has 1 atom stereocenters. The Morgan fingerprint density at radius 1 is 0.789 bits per heavy atom. The lowest BCUT2D eigenvalue weighted by atomic mass is 10.0. The van der Waals surface area contributed by atoms with Crippen molar-refractivity contribution in [2.45, 2.75) is 65.6 Å². The van der Waals surface area contributed by atoms with E-state index in [1.54, 1.807) is 4.90 Å². The van der Waals surface area contributed by atoms with Crippen molar-refractivity contribution in [3.05, 3.63) is 95.6 Å². The number of aryl methyl sites for hydroxylation is 1.